The van der Waals surface area contributed by atoms with Crippen LogP contribution in [0.25, 0.3) is 11.1 Å². The molecule has 2 rings (SSSR count). The van der Waals surface area contributed by atoms with Crippen LogP contribution in [0.5, 0.6) is 0 Å². The molecular weight excluding hydrogens is 238 g/mol. The maximum atomic E-state index is 12.0. The Morgan fingerprint density at radius 1 is 1.37 bits per heavy atom. The Kier molecular flexibility index (Phi) is 4.34. The topological polar surface area (TPSA) is 46.9 Å². The summed E-state index contributed by atoms with van der Waals surface area (Å²) in [5.74, 6) is -0.0146. The van der Waals surface area contributed by atoms with Crippen LogP contribution >= 0.6 is 0 Å². The van der Waals surface area contributed by atoms with Gasteiger partial charge in [-0.3, -0.25) is 9.48 Å². The number of unbranched alkanes of at least 4 members (excludes halogenated alkanes) is 1. The van der Waals surface area contributed by atoms with Gasteiger partial charge in [0.1, 0.15) is 0 Å². The Morgan fingerprint density at radius 2 is 2.21 bits per heavy atom. The van der Waals surface area contributed by atoms with Gasteiger partial charge < -0.3 is 5.32 Å². The summed E-state index contributed by atoms with van der Waals surface area (Å²) in [4.78, 5) is 12.0. The van der Waals surface area contributed by atoms with Crippen molar-refractivity contribution in [3.63, 3.8) is 0 Å². The van der Waals surface area contributed by atoms with Crippen molar-refractivity contribution in [3.05, 3.63) is 42.2 Å². The summed E-state index contributed by atoms with van der Waals surface area (Å²) < 4.78 is 1.75. The molecule has 1 aromatic heterocycles. The third kappa shape index (κ3) is 3.44. The number of aromatic nitrogens is 2. The zero-order valence-corrected chi connectivity index (χ0v) is 11.4. The van der Waals surface area contributed by atoms with Crippen molar-refractivity contribution in [1.29, 1.82) is 0 Å². The number of hydrogen-bond acceptors (Lipinski definition) is 2. The first-order valence-electron chi connectivity index (χ1n) is 6.58. The van der Waals surface area contributed by atoms with Crippen LogP contribution in [-0.2, 0) is 7.05 Å². The number of nitrogens with zero attached hydrogens (tertiary/aromatic N) is 2. The van der Waals surface area contributed by atoms with Crippen molar-refractivity contribution in [3.8, 4) is 11.1 Å². The number of rotatable bonds is 5. The molecule has 19 heavy (non-hydrogen) atoms. The van der Waals surface area contributed by atoms with Crippen molar-refractivity contribution in [2.24, 2.45) is 7.05 Å². The predicted octanol–water partition coefficient (Wildman–Crippen LogP) is 2.62. The molecule has 4 nitrogen and oxygen atoms in total. The highest BCUT2D eigenvalue weighted by molar-refractivity contribution is 5.95. The van der Waals surface area contributed by atoms with Gasteiger partial charge in [-0.25, -0.2) is 0 Å². The molecule has 1 aromatic carbocycles. The van der Waals surface area contributed by atoms with Gasteiger partial charge >= 0.3 is 0 Å². The van der Waals surface area contributed by atoms with E-state index in [4.69, 9.17) is 0 Å². The Balaban J connectivity index is 2.13. The van der Waals surface area contributed by atoms with Crippen LogP contribution in [0, 0.1) is 0 Å². The number of aryl methyl sites for hydroxylation is 1. The summed E-state index contributed by atoms with van der Waals surface area (Å²) >= 11 is 0. The highest BCUT2D eigenvalue weighted by atomic mass is 16.1. The van der Waals surface area contributed by atoms with Crippen LogP contribution in [0.4, 0.5) is 0 Å². The standard InChI is InChI=1S/C15H19N3O/c1-3-4-8-16-15(19)13-7-5-6-12(9-13)14-10-17-18(2)11-14/h5-7,9-11H,3-4,8H2,1-2H3,(H,16,19). The Labute approximate surface area is 113 Å². The van der Waals surface area contributed by atoms with Gasteiger partial charge in [0.05, 0.1) is 6.20 Å². The second-order valence-corrected chi connectivity index (χ2v) is 4.59. The molecule has 0 spiro atoms. The smallest absolute Gasteiger partial charge is 0.251 e. The summed E-state index contributed by atoms with van der Waals surface area (Å²) in [7, 11) is 1.88. The van der Waals surface area contributed by atoms with E-state index in [9.17, 15) is 4.79 Å². The van der Waals surface area contributed by atoms with Gasteiger partial charge in [0.25, 0.3) is 5.91 Å². The average molecular weight is 257 g/mol. The number of carbonyl (C=O) groups excluding carboxylic acids is 1. The quantitative estimate of drug-likeness (QED) is 0.837. The number of hydrogen-bond donors (Lipinski definition) is 1. The fourth-order valence-electron chi connectivity index (χ4n) is 1.89. The van der Waals surface area contributed by atoms with Crippen molar-refractivity contribution in [1.82, 2.24) is 15.1 Å². The molecule has 0 bridgehead atoms. The SMILES string of the molecule is CCCCNC(=O)c1cccc(-c2cnn(C)c2)c1. The van der Waals surface area contributed by atoms with Crippen molar-refractivity contribution in [2.45, 2.75) is 19.8 Å². The maximum Gasteiger partial charge on any atom is 0.251 e. The molecule has 0 unspecified atom stereocenters. The van der Waals surface area contributed by atoms with Crippen LogP contribution in [0.15, 0.2) is 36.7 Å². The fraction of sp³-hybridized carbons (Fsp3) is 0.333. The van der Waals surface area contributed by atoms with E-state index < -0.39 is 0 Å². The molecule has 4 heteroatoms. The summed E-state index contributed by atoms with van der Waals surface area (Å²) in [5.41, 5.74) is 2.72. The van der Waals surface area contributed by atoms with E-state index in [2.05, 4.69) is 17.3 Å². The first-order valence-corrected chi connectivity index (χ1v) is 6.58. The summed E-state index contributed by atoms with van der Waals surface area (Å²) in [6.45, 7) is 2.83. The lowest BCUT2D eigenvalue weighted by Gasteiger charge is -2.05. The molecule has 0 aliphatic rings. The molecule has 0 saturated heterocycles. The highest BCUT2D eigenvalue weighted by Gasteiger charge is 2.07. The molecule has 0 atom stereocenters. The molecule has 0 aliphatic heterocycles. The van der Waals surface area contributed by atoms with Crippen LogP contribution in [0.2, 0.25) is 0 Å². The first kappa shape index (κ1) is 13.3. The molecule has 100 valence electrons. The highest BCUT2D eigenvalue weighted by Crippen LogP contribution is 2.19. The minimum Gasteiger partial charge on any atom is -0.352 e. The average Bonchev–Trinajstić information content (AvgIpc) is 2.86. The molecule has 0 aliphatic carbocycles. The Bertz CT molecular complexity index is 560. The zero-order valence-electron chi connectivity index (χ0n) is 11.4. The third-order valence-electron chi connectivity index (χ3n) is 2.98. The molecule has 1 heterocycles. The monoisotopic (exact) mass is 257 g/mol. The van der Waals surface area contributed by atoms with Crippen LogP contribution in [0.1, 0.15) is 30.1 Å². The molecule has 0 radical (unpaired) electrons. The van der Waals surface area contributed by atoms with E-state index in [1.807, 2.05) is 37.5 Å². The van der Waals surface area contributed by atoms with E-state index >= 15 is 0 Å². The predicted molar refractivity (Wildman–Crippen MR) is 75.9 cm³/mol. The zero-order chi connectivity index (χ0) is 13.7. The van der Waals surface area contributed by atoms with E-state index in [1.165, 1.54) is 0 Å². The van der Waals surface area contributed by atoms with Crippen LogP contribution < -0.4 is 5.32 Å². The minimum atomic E-state index is -0.0146. The van der Waals surface area contributed by atoms with Gasteiger partial charge in [0.15, 0.2) is 0 Å². The lowest BCUT2D eigenvalue weighted by molar-refractivity contribution is 0.0953. The van der Waals surface area contributed by atoms with Gasteiger partial charge in [-0.15, -0.1) is 0 Å². The molecular formula is C15H19N3O. The summed E-state index contributed by atoms with van der Waals surface area (Å²) in [6, 6.07) is 7.62. The number of carbonyl (C=O) groups is 1. The van der Waals surface area contributed by atoms with E-state index in [0.717, 1.165) is 30.5 Å². The fourth-order valence-corrected chi connectivity index (χ4v) is 1.89. The first-order chi connectivity index (χ1) is 9.20. The molecule has 0 fully saturated rings. The second kappa shape index (κ2) is 6.18. The van der Waals surface area contributed by atoms with Gasteiger partial charge in [-0.1, -0.05) is 25.5 Å². The summed E-state index contributed by atoms with van der Waals surface area (Å²) in [5, 5.41) is 7.07. The number of nitrogens with one attached hydrogen (secondary N) is 1. The molecule has 2 aromatic rings. The minimum absolute atomic E-state index is 0.0146. The lowest BCUT2D eigenvalue weighted by Crippen LogP contribution is -2.24. The number of benzene rings is 1. The van der Waals surface area contributed by atoms with E-state index in [1.54, 1.807) is 10.9 Å². The van der Waals surface area contributed by atoms with Crippen molar-refractivity contribution in [2.75, 3.05) is 6.54 Å². The third-order valence-corrected chi connectivity index (χ3v) is 2.98. The normalized spacial score (nSPS) is 10.4. The van der Waals surface area contributed by atoms with Gasteiger partial charge in [-0.05, 0) is 24.1 Å². The van der Waals surface area contributed by atoms with Crippen molar-refractivity contribution < 1.29 is 4.79 Å². The summed E-state index contributed by atoms with van der Waals surface area (Å²) in [6.07, 6.45) is 5.83. The van der Waals surface area contributed by atoms with Gasteiger partial charge in [0.2, 0.25) is 0 Å². The molecule has 1 N–H and O–H groups in total. The van der Waals surface area contributed by atoms with Gasteiger partial charge in [0, 0.05) is 30.9 Å². The Hall–Kier alpha value is -2.10. The molecule has 0 saturated carbocycles. The van der Waals surface area contributed by atoms with E-state index in [0.29, 0.717) is 5.56 Å². The van der Waals surface area contributed by atoms with Crippen LogP contribution in [-0.4, -0.2) is 22.2 Å². The molecule has 1 amide bonds. The maximum absolute atomic E-state index is 12.0. The second-order valence-electron chi connectivity index (χ2n) is 4.59. The van der Waals surface area contributed by atoms with Crippen molar-refractivity contribution >= 4 is 5.91 Å². The largest absolute Gasteiger partial charge is 0.352 e. The lowest BCUT2D eigenvalue weighted by atomic mass is 10.1. The number of amides is 1. The van der Waals surface area contributed by atoms with E-state index in [-0.39, 0.29) is 5.91 Å². The van der Waals surface area contributed by atoms with Crippen LogP contribution in [0.3, 0.4) is 0 Å². The van der Waals surface area contributed by atoms with Gasteiger partial charge in [-0.2, -0.15) is 5.10 Å². The Morgan fingerprint density at radius 3 is 2.89 bits per heavy atom.